The van der Waals surface area contributed by atoms with E-state index in [1.165, 1.54) is 0 Å². The van der Waals surface area contributed by atoms with E-state index in [0.29, 0.717) is 5.15 Å². The van der Waals surface area contributed by atoms with Crippen molar-refractivity contribution in [2.45, 2.75) is 26.2 Å². The van der Waals surface area contributed by atoms with Gasteiger partial charge in [-0.3, -0.25) is 4.79 Å². The summed E-state index contributed by atoms with van der Waals surface area (Å²) in [4.78, 5) is 14.0. The highest BCUT2D eigenvalue weighted by molar-refractivity contribution is 6.34. The summed E-state index contributed by atoms with van der Waals surface area (Å²) in [6.07, 6.45) is 0. The maximum absolute atomic E-state index is 12.3. The molecule has 0 aliphatic carbocycles. The highest BCUT2D eigenvalue weighted by Gasteiger charge is 2.42. The van der Waals surface area contributed by atoms with Crippen LogP contribution in [-0.4, -0.2) is 23.2 Å². The fraction of sp³-hybridized carbons (Fsp3) is 0.357. The Balaban J connectivity index is 2.44. The summed E-state index contributed by atoms with van der Waals surface area (Å²) >= 11 is 6.12. The number of fused-ring (bicyclic) bond motifs is 2. The quantitative estimate of drug-likeness (QED) is 0.743. The number of anilines is 1. The molecule has 2 heterocycles. The van der Waals surface area contributed by atoms with Crippen molar-refractivity contribution < 1.29 is 4.79 Å². The average Bonchev–Trinajstić information content (AvgIpc) is 2.55. The molecule has 0 saturated carbocycles. The molecule has 0 atom stereocenters. The van der Waals surface area contributed by atoms with Gasteiger partial charge in [-0.25, -0.2) is 0 Å². The van der Waals surface area contributed by atoms with Gasteiger partial charge in [-0.15, -0.1) is 5.10 Å². The summed E-state index contributed by atoms with van der Waals surface area (Å²) in [6, 6.07) is 3.95. The third-order valence-corrected chi connectivity index (χ3v) is 4.19. The number of rotatable bonds is 0. The first kappa shape index (κ1) is 12.4. The molecule has 1 aromatic heterocycles. The molecule has 5 heteroatoms. The van der Waals surface area contributed by atoms with Gasteiger partial charge in [-0.2, -0.15) is 5.10 Å². The van der Waals surface area contributed by atoms with Gasteiger partial charge < -0.3 is 4.90 Å². The van der Waals surface area contributed by atoms with Gasteiger partial charge in [0, 0.05) is 23.5 Å². The lowest BCUT2D eigenvalue weighted by Crippen LogP contribution is -2.33. The molecule has 0 radical (unpaired) electrons. The monoisotopic (exact) mass is 275 g/mol. The van der Waals surface area contributed by atoms with Gasteiger partial charge in [0.1, 0.15) is 0 Å². The Kier molecular flexibility index (Phi) is 2.39. The molecule has 4 nitrogen and oxygen atoms in total. The number of amides is 1. The van der Waals surface area contributed by atoms with Gasteiger partial charge in [-0.05, 0) is 38.5 Å². The topological polar surface area (TPSA) is 46.1 Å². The maximum atomic E-state index is 12.3. The standard InChI is InChI=1S/C14H14ClN3O/c1-7-8-6-11-10(5-9(8)12(15)17-16-7)14(2,3)13(19)18(11)4/h5-6H,1-4H3. The van der Waals surface area contributed by atoms with Crippen LogP contribution in [0.1, 0.15) is 25.1 Å². The van der Waals surface area contributed by atoms with E-state index >= 15 is 0 Å². The summed E-state index contributed by atoms with van der Waals surface area (Å²) in [7, 11) is 1.80. The number of benzene rings is 1. The maximum Gasteiger partial charge on any atom is 0.236 e. The first-order valence-corrected chi connectivity index (χ1v) is 6.47. The number of halogens is 1. The van der Waals surface area contributed by atoms with Crippen LogP contribution in [0.4, 0.5) is 5.69 Å². The second-order valence-electron chi connectivity index (χ2n) is 5.48. The second kappa shape index (κ2) is 3.67. The smallest absolute Gasteiger partial charge is 0.236 e. The largest absolute Gasteiger partial charge is 0.314 e. The van der Waals surface area contributed by atoms with Crippen molar-refractivity contribution in [1.29, 1.82) is 0 Å². The summed E-state index contributed by atoms with van der Waals surface area (Å²) in [6.45, 7) is 5.75. The molecule has 98 valence electrons. The van der Waals surface area contributed by atoms with Gasteiger partial charge in [0.25, 0.3) is 0 Å². The normalized spacial score (nSPS) is 17.1. The summed E-state index contributed by atoms with van der Waals surface area (Å²) < 4.78 is 0. The van der Waals surface area contributed by atoms with Gasteiger partial charge in [-0.1, -0.05) is 11.6 Å². The molecule has 1 aliphatic rings. The third kappa shape index (κ3) is 1.49. The Morgan fingerprint density at radius 2 is 1.89 bits per heavy atom. The highest BCUT2D eigenvalue weighted by atomic mass is 35.5. The van der Waals surface area contributed by atoms with Crippen molar-refractivity contribution in [3.8, 4) is 0 Å². The Labute approximate surface area is 116 Å². The van der Waals surface area contributed by atoms with Crippen LogP contribution < -0.4 is 4.90 Å². The molecule has 0 bridgehead atoms. The summed E-state index contributed by atoms with van der Waals surface area (Å²) in [5.74, 6) is 0.0903. The fourth-order valence-corrected chi connectivity index (χ4v) is 2.90. The number of carbonyl (C=O) groups is 1. The minimum Gasteiger partial charge on any atom is -0.314 e. The average molecular weight is 276 g/mol. The minimum absolute atomic E-state index is 0.0903. The van der Waals surface area contributed by atoms with Crippen LogP contribution in [0.2, 0.25) is 5.15 Å². The highest BCUT2D eigenvalue weighted by Crippen LogP contribution is 2.43. The van der Waals surface area contributed by atoms with E-state index in [9.17, 15) is 4.79 Å². The second-order valence-corrected chi connectivity index (χ2v) is 5.84. The van der Waals surface area contributed by atoms with Crippen LogP contribution in [-0.2, 0) is 10.2 Å². The molecular weight excluding hydrogens is 262 g/mol. The molecule has 0 unspecified atom stereocenters. The molecule has 19 heavy (non-hydrogen) atoms. The van der Waals surface area contributed by atoms with Crippen molar-refractivity contribution in [3.05, 3.63) is 28.5 Å². The Bertz CT molecular complexity index is 724. The van der Waals surface area contributed by atoms with Crippen LogP contribution in [0.3, 0.4) is 0 Å². The minimum atomic E-state index is -0.529. The zero-order valence-corrected chi connectivity index (χ0v) is 12.0. The Morgan fingerprint density at radius 1 is 1.21 bits per heavy atom. The molecule has 0 N–H and O–H groups in total. The number of aryl methyl sites for hydroxylation is 1. The molecule has 1 amide bonds. The van der Waals surface area contributed by atoms with Crippen molar-refractivity contribution >= 4 is 34.0 Å². The van der Waals surface area contributed by atoms with Crippen LogP contribution >= 0.6 is 11.6 Å². The van der Waals surface area contributed by atoms with E-state index in [2.05, 4.69) is 10.2 Å². The number of nitrogens with zero attached hydrogens (tertiary/aromatic N) is 3. The lowest BCUT2D eigenvalue weighted by molar-refractivity contribution is -0.121. The van der Waals surface area contributed by atoms with Gasteiger partial charge in [0.05, 0.1) is 11.1 Å². The molecule has 0 saturated heterocycles. The van der Waals surface area contributed by atoms with Crippen molar-refractivity contribution in [2.75, 3.05) is 11.9 Å². The van der Waals surface area contributed by atoms with Gasteiger partial charge >= 0.3 is 0 Å². The van der Waals surface area contributed by atoms with Gasteiger partial charge in [0.15, 0.2) is 5.15 Å². The van der Waals surface area contributed by atoms with E-state index < -0.39 is 5.41 Å². The number of aromatic nitrogens is 2. The molecule has 3 rings (SSSR count). The molecule has 0 fully saturated rings. The van der Waals surface area contributed by atoms with E-state index in [0.717, 1.165) is 27.7 Å². The first-order chi connectivity index (χ1) is 8.84. The van der Waals surface area contributed by atoms with Crippen LogP contribution in [0.25, 0.3) is 10.8 Å². The zero-order valence-electron chi connectivity index (χ0n) is 11.3. The molecule has 2 aromatic rings. The number of carbonyl (C=O) groups excluding carboxylic acids is 1. The number of likely N-dealkylation sites (N-methyl/N-ethyl adjacent to an activating group) is 1. The number of hydrogen-bond acceptors (Lipinski definition) is 3. The summed E-state index contributed by atoms with van der Waals surface area (Å²) in [5.41, 5.74) is 2.20. The van der Waals surface area contributed by atoms with Crippen LogP contribution in [0.15, 0.2) is 12.1 Å². The van der Waals surface area contributed by atoms with Crippen LogP contribution in [0, 0.1) is 6.92 Å². The molecular formula is C14H14ClN3O. The SMILES string of the molecule is Cc1nnc(Cl)c2cc3c(cc12)N(C)C(=O)C3(C)C. The Morgan fingerprint density at radius 3 is 2.58 bits per heavy atom. The van der Waals surface area contributed by atoms with Crippen molar-refractivity contribution in [1.82, 2.24) is 10.2 Å². The van der Waals surface area contributed by atoms with E-state index in [1.807, 2.05) is 32.9 Å². The first-order valence-electron chi connectivity index (χ1n) is 6.09. The van der Waals surface area contributed by atoms with Crippen molar-refractivity contribution in [2.24, 2.45) is 0 Å². The fourth-order valence-electron chi connectivity index (χ4n) is 2.71. The predicted octanol–water partition coefficient (Wildman–Crippen LogP) is 2.85. The molecule has 1 aliphatic heterocycles. The van der Waals surface area contributed by atoms with Gasteiger partial charge in [0.2, 0.25) is 5.91 Å². The Hall–Kier alpha value is -1.68. The third-order valence-electron chi connectivity index (χ3n) is 3.91. The van der Waals surface area contributed by atoms with E-state index in [-0.39, 0.29) is 5.91 Å². The number of hydrogen-bond donors (Lipinski definition) is 0. The predicted molar refractivity (Wildman–Crippen MR) is 75.7 cm³/mol. The van der Waals surface area contributed by atoms with Crippen molar-refractivity contribution in [3.63, 3.8) is 0 Å². The zero-order chi connectivity index (χ0) is 13.9. The van der Waals surface area contributed by atoms with E-state index in [1.54, 1.807) is 11.9 Å². The lowest BCUT2D eigenvalue weighted by atomic mass is 9.85. The molecule has 0 spiro atoms. The van der Waals surface area contributed by atoms with Crippen LogP contribution in [0.5, 0.6) is 0 Å². The van der Waals surface area contributed by atoms with E-state index in [4.69, 9.17) is 11.6 Å². The lowest BCUT2D eigenvalue weighted by Gasteiger charge is -2.16. The molecule has 1 aromatic carbocycles. The summed E-state index contributed by atoms with van der Waals surface area (Å²) in [5, 5.41) is 10.1.